The van der Waals surface area contributed by atoms with Gasteiger partial charge in [-0.3, -0.25) is 4.98 Å². The number of aromatic nitrogens is 2. The Hall–Kier alpha value is -1.83. The number of hydrogen-bond acceptors (Lipinski definition) is 1. The van der Waals surface area contributed by atoms with Crippen LogP contribution in [0.15, 0.2) is 36.7 Å². The smallest absolute Gasteiger partial charge is 0.0524 e. The molecule has 2 heteroatoms. The number of rotatable bonds is 1. The molecule has 17 heavy (non-hydrogen) atoms. The SMILES string of the molecule is CC(C)c1cccc2c3cnccc3n(C)c12. The molecule has 0 amide bonds. The van der Waals surface area contributed by atoms with Crippen molar-refractivity contribution in [3.05, 3.63) is 42.2 Å². The van der Waals surface area contributed by atoms with Gasteiger partial charge >= 0.3 is 0 Å². The van der Waals surface area contributed by atoms with Crippen molar-refractivity contribution in [1.29, 1.82) is 0 Å². The van der Waals surface area contributed by atoms with E-state index in [1.165, 1.54) is 27.4 Å². The number of benzene rings is 1. The monoisotopic (exact) mass is 224 g/mol. The minimum atomic E-state index is 0.537. The fraction of sp³-hybridized carbons (Fsp3) is 0.267. The highest BCUT2D eigenvalue weighted by atomic mass is 14.9. The second-order valence-electron chi connectivity index (χ2n) is 4.85. The zero-order valence-corrected chi connectivity index (χ0v) is 10.4. The summed E-state index contributed by atoms with van der Waals surface area (Å²) in [6, 6.07) is 8.63. The van der Waals surface area contributed by atoms with Crippen LogP contribution in [-0.2, 0) is 7.05 Å². The quantitative estimate of drug-likeness (QED) is 0.614. The molecule has 2 heterocycles. The summed E-state index contributed by atoms with van der Waals surface area (Å²) in [5.41, 5.74) is 4.00. The number of hydrogen-bond donors (Lipinski definition) is 0. The molecule has 3 rings (SSSR count). The van der Waals surface area contributed by atoms with Crippen molar-refractivity contribution in [2.24, 2.45) is 7.05 Å². The molecular weight excluding hydrogens is 208 g/mol. The highest BCUT2D eigenvalue weighted by Gasteiger charge is 2.12. The van der Waals surface area contributed by atoms with Gasteiger partial charge in [-0.25, -0.2) is 0 Å². The topological polar surface area (TPSA) is 17.8 Å². The average molecular weight is 224 g/mol. The lowest BCUT2D eigenvalue weighted by Crippen LogP contribution is -1.94. The van der Waals surface area contributed by atoms with Crippen LogP contribution in [0, 0.1) is 0 Å². The molecule has 86 valence electrons. The predicted octanol–water partition coefficient (Wildman–Crippen LogP) is 3.85. The van der Waals surface area contributed by atoms with Crippen molar-refractivity contribution in [1.82, 2.24) is 9.55 Å². The lowest BCUT2D eigenvalue weighted by Gasteiger charge is -2.09. The summed E-state index contributed by atoms with van der Waals surface area (Å²) in [5.74, 6) is 0.537. The first kappa shape index (κ1) is 10.3. The Kier molecular flexibility index (Phi) is 2.18. The summed E-state index contributed by atoms with van der Waals surface area (Å²) >= 11 is 0. The third-order valence-electron chi connectivity index (χ3n) is 3.47. The van der Waals surface area contributed by atoms with Gasteiger partial charge in [-0.05, 0) is 17.5 Å². The molecule has 0 aliphatic heterocycles. The molecule has 0 spiro atoms. The van der Waals surface area contributed by atoms with Gasteiger partial charge in [0.25, 0.3) is 0 Å². The van der Waals surface area contributed by atoms with Crippen molar-refractivity contribution < 1.29 is 0 Å². The predicted molar refractivity (Wildman–Crippen MR) is 72.3 cm³/mol. The summed E-state index contributed by atoms with van der Waals surface area (Å²) in [6.45, 7) is 4.48. The first-order chi connectivity index (χ1) is 8.20. The first-order valence-corrected chi connectivity index (χ1v) is 6.01. The molecule has 0 atom stereocenters. The molecular formula is C15H16N2. The average Bonchev–Trinajstić information content (AvgIpc) is 2.64. The minimum absolute atomic E-state index is 0.537. The van der Waals surface area contributed by atoms with Crippen molar-refractivity contribution in [2.75, 3.05) is 0 Å². The second-order valence-corrected chi connectivity index (χ2v) is 4.85. The Morgan fingerprint density at radius 2 is 1.94 bits per heavy atom. The van der Waals surface area contributed by atoms with E-state index in [2.05, 4.69) is 54.7 Å². The second kappa shape index (κ2) is 3.59. The highest BCUT2D eigenvalue weighted by molar-refractivity contribution is 6.08. The van der Waals surface area contributed by atoms with Crippen molar-refractivity contribution in [3.8, 4) is 0 Å². The number of para-hydroxylation sites is 1. The summed E-state index contributed by atoms with van der Waals surface area (Å²) < 4.78 is 2.28. The van der Waals surface area contributed by atoms with Gasteiger partial charge in [0.2, 0.25) is 0 Å². The maximum atomic E-state index is 4.24. The molecule has 3 aromatic rings. The maximum Gasteiger partial charge on any atom is 0.0524 e. The van der Waals surface area contributed by atoms with E-state index in [1.807, 2.05) is 12.4 Å². The van der Waals surface area contributed by atoms with E-state index in [0.717, 1.165) is 0 Å². The van der Waals surface area contributed by atoms with Gasteiger partial charge < -0.3 is 4.57 Å². The minimum Gasteiger partial charge on any atom is -0.343 e. The Bertz CT molecular complexity index is 693. The van der Waals surface area contributed by atoms with Crippen LogP contribution in [0.3, 0.4) is 0 Å². The summed E-state index contributed by atoms with van der Waals surface area (Å²) in [4.78, 5) is 4.24. The molecule has 0 radical (unpaired) electrons. The van der Waals surface area contributed by atoms with Crippen LogP contribution in [0.2, 0.25) is 0 Å². The molecule has 0 N–H and O–H groups in total. The van der Waals surface area contributed by atoms with E-state index in [1.54, 1.807) is 0 Å². The van der Waals surface area contributed by atoms with Crippen LogP contribution in [0.4, 0.5) is 0 Å². The van der Waals surface area contributed by atoms with E-state index < -0.39 is 0 Å². The summed E-state index contributed by atoms with van der Waals surface area (Å²) in [7, 11) is 2.14. The van der Waals surface area contributed by atoms with Crippen LogP contribution < -0.4 is 0 Å². The summed E-state index contributed by atoms with van der Waals surface area (Å²) in [5, 5.41) is 2.55. The fourth-order valence-corrected chi connectivity index (χ4v) is 2.63. The normalized spacial score (nSPS) is 11.8. The molecule has 1 aromatic carbocycles. The molecule has 0 aliphatic carbocycles. The number of pyridine rings is 1. The highest BCUT2D eigenvalue weighted by Crippen LogP contribution is 2.32. The van der Waals surface area contributed by atoms with Crippen molar-refractivity contribution in [2.45, 2.75) is 19.8 Å². The van der Waals surface area contributed by atoms with Gasteiger partial charge in [-0.2, -0.15) is 0 Å². The van der Waals surface area contributed by atoms with Gasteiger partial charge in [-0.1, -0.05) is 32.0 Å². The Balaban J connectivity index is 2.57. The molecule has 2 aromatic heterocycles. The Morgan fingerprint density at radius 1 is 1.12 bits per heavy atom. The number of fused-ring (bicyclic) bond motifs is 3. The van der Waals surface area contributed by atoms with Crippen molar-refractivity contribution >= 4 is 21.8 Å². The van der Waals surface area contributed by atoms with Crippen LogP contribution in [0.1, 0.15) is 25.3 Å². The molecule has 0 unspecified atom stereocenters. The lowest BCUT2D eigenvalue weighted by atomic mass is 10.0. The van der Waals surface area contributed by atoms with Gasteiger partial charge in [0, 0.05) is 30.2 Å². The van der Waals surface area contributed by atoms with E-state index in [-0.39, 0.29) is 0 Å². The summed E-state index contributed by atoms with van der Waals surface area (Å²) in [6.07, 6.45) is 3.82. The van der Waals surface area contributed by atoms with Crippen LogP contribution in [-0.4, -0.2) is 9.55 Å². The van der Waals surface area contributed by atoms with Gasteiger partial charge in [0.05, 0.1) is 11.0 Å². The largest absolute Gasteiger partial charge is 0.343 e. The van der Waals surface area contributed by atoms with Crippen LogP contribution in [0.25, 0.3) is 21.8 Å². The van der Waals surface area contributed by atoms with Gasteiger partial charge in [0.1, 0.15) is 0 Å². The Morgan fingerprint density at radius 3 is 2.71 bits per heavy atom. The van der Waals surface area contributed by atoms with E-state index in [9.17, 15) is 0 Å². The third kappa shape index (κ3) is 1.37. The number of aryl methyl sites for hydroxylation is 1. The van der Waals surface area contributed by atoms with E-state index >= 15 is 0 Å². The van der Waals surface area contributed by atoms with Crippen LogP contribution >= 0.6 is 0 Å². The molecule has 0 aliphatic rings. The molecule has 0 saturated heterocycles. The van der Waals surface area contributed by atoms with Crippen LogP contribution in [0.5, 0.6) is 0 Å². The molecule has 2 nitrogen and oxygen atoms in total. The molecule has 0 fully saturated rings. The maximum absolute atomic E-state index is 4.24. The van der Waals surface area contributed by atoms with Gasteiger partial charge in [-0.15, -0.1) is 0 Å². The third-order valence-corrected chi connectivity index (χ3v) is 3.47. The zero-order valence-electron chi connectivity index (χ0n) is 10.4. The van der Waals surface area contributed by atoms with Crippen molar-refractivity contribution in [3.63, 3.8) is 0 Å². The standard InChI is InChI=1S/C15H16N2/c1-10(2)11-5-4-6-12-13-9-16-8-7-14(13)17(3)15(11)12/h4-10H,1-3H3. The van der Waals surface area contributed by atoms with E-state index in [4.69, 9.17) is 0 Å². The first-order valence-electron chi connectivity index (χ1n) is 6.01. The Labute approximate surface area is 101 Å². The fourth-order valence-electron chi connectivity index (χ4n) is 2.63. The van der Waals surface area contributed by atoms with E-state index in [0.29, 0.717) is 5.92 Å². The lowest BCUT2D eigenvalue weighted by molar-refractivity contribution is 0.861. The van der Waals surface area contributed by atoms with Gasteiger partial charge in [0.15, 0.2) is 0 Å². The molecule has 0 saturated carbocycles. The zero-order chi connectivity index (χ0) is 12.0. The number of nitrogens with zero attached hydrogens (tertiary/aromatic N) is 2. The molecule has 0 bridgehead atoms.